The van der Waals surface area contributed by atoms with Crippen LogP contribution in [0, 0.1) is 0 Å². The van der Waals surface area contributed by atoms with E-state index in [-0.39, 0.29) is 6.09 Å². The Hall–Kier alpha value is -2.18. The molecule has 1 N–H and O–H groups in total. The van der Waals surface area contributed by atoms with Crippen LogP contribution >= 0.6 is 0 Å². The van der Waals surface area contributed by atoms with E-state index in [9.17, 15) is 9.59 Å². The van der Waals surface area contributed by atoms with Crippen molar-refractivity contribution in [2.75, 3.05) is 19.6 Å². The highest BCUT2D eigenvalue weighted by Gasteiger charge is 2.25. The molecule has 0 bridgehead atoms. The normalized spacial score (nSPS) is 14.8. The molecule has 6 nitrogen and oxygen atoms in total. The van der Waals surface area contributed by atoms with Crippen LogP contribution in [0.4, 0.5) is 4.79 Å². The van der Waals surface area contributed by atoms with Gasteiger partial charge in [0, 0.05) is 25.2 Å². The Kier molecular flexibility index (Phi) is 7.56. The number of aldehydes is 1. The van der Waals surface area contributed by atoms with Gasteiger partial charge in [-0.25, -0.2) is 4.79 Å². The summed E-state index contributed by atoms with van der Waals surface area (Å²) in [5, 5.41) is 0. The van der Waals surface area contributed by atoms with Gasteiger partial charge >= 0.3 is 6.09 Å². The van der Waals surface area contributed by atoms with Gasteiger partial charge in [0.2, 0.25) is 0 Å². The second-order valence-corrected chi connectivity index (χ2v) is 7.78. The highest BCUT2D eigenvalue weighted by atomic mass is 16.6. The Labute approximate surface area is 161 Å². The number of hydrogen-bond donors (Lipinski definition) is 1. The molecule has 0 aliphatic carbocycles. The molecule has 0 radical (unpaired) electrons. The van der Waals surface area contributed by atoms with Crippen molar-refractivity contribution in [3.05, 3.63) is 46.5 Å². The number of amides is 1. The predicted octanol–water partition coefficient (Wildman–Crippen LogP) is 3.87. The summed E-state index contributed by atoms with van der Waals surface area (Å²) in [6.07, 6.45) is 2.29. The fraction of sp³-hybridized carbons (Fsp3) is 0.524. The zero-order chi connectivity index (χ0) is 19.9. The smallest absolute Gasteiger partial charge is 0.410 e. The second-order valence-electron chi connectivity index (χ2n) is 7.78. The standard InChI is InChI=1S/C21H30N2O4/c1-16(13-22-26-15-19-8-6-5-7-18(19)14-24)17-9-11-23(12-10-17)20(25)27-21(2,3)4/h5-8,14,22H,9-13,15H2,1-4H3. The van der Waals surface area contributed by atoms with Gasteiger partial charge in [0.1, 0.15) is 11.9 Å². The molecule has 0 atom stereocenters. The van der Waals surface area contributed by atoms with E-state index < -0.39 is 5.60 Å². The Morgan fingerprint density at radius 1 is 1.22 bits per heavy atom. The molecule has 1 saturated heterocycles. The van der Waals surface area contributed by atoms with Crippen molar-refractivity contribution < 1.29 is 19.2 Å². The summed E-state index contributed by atoms with van der Waals surface area (Å²) in [6.45, 7) is 10.0. The van der Waals surface area contributed by atoms with Crippen molar-refractivity contribution in [3.8, 4) is 0 Å². The molecule has 1 aliphatic heterocycles. The third-order valence-electron chi connectivity index (χ3n) is 4.47. The molecule has 1 aliphatic rings. The van der Waals surface area contributed by atoms with Gasteiger partial charge in [-0.15, -0.1) is 0 Å². The van der Waals surface area contributed by atoms with E-state index in [0.717, 1.165) is 24.7 Å². The molecule has 1 heterocycles. The van der Waals surface area contributed by atoms with E-state index in [1.165, 1.54) is 11.1 Å². The lowest BCUT2D eigenvalue weighted by molar-refractivity contribution is 0.0232. The number of hydrogen-bond acceptors (Lipinski definition) is 5. The molecule has 0 spiro atoms. The van der Waals surface area contributed by atoms with Crippen LogP contribution in [0.3, 0.4) is 0 Å². The van der Waals surface area contributed by atoms with Gasteiger partial charge in [-0.1, -0.05) is 35.4 Å². The number of carbonyl (C=O) groups excluding carboxylic acids is 2. The van der Waals surface area contributed by atoms with E-state index in [4.69, 9.17) is 9.57 Å². The summed E-state index contributed by atoms with van der Waals surface area (Å²) in [5.41, 5.74) is 6.57. The van der Waals surface area contributed by atoms with E-state index in [0.29, 0.717) is 31.8 Å². The van der Waals surface area contributed by atoms with Crippen molar-refractivity contribution >= 4 is 12.4 Å². The lowest BCUT2D eigenvalue weighted by Gasteiger charge is -2.31. The van der Waals surface area contributed by atoms with Gasteiger partial charge in [-0.2, -0.15) is 5.48 Å². The summed E-state index contributed by atoms with van der Waals surface area (Å²) in [7, 11) is 0. The maximum atomic E-state index is 12.1. The Morgan fingerprint density at radius 3 is 2.52 bits per heavy atom. The molecule has 2 rings (SSSR count). The fourth-order valence-electron chi connectivity index (χ4n) is 2.91. The molecular weight excluding hydrogens is 344 g/mol. The van der Waals surface area contributed by atoms with Crippen molar-refractivity contribution in [2.24, 2.45) is 0 Å². The minimum absolute atomic E-state index is 0.241. The Morgan fingerprint density at radius 2 is 1.89 bits per heavy atom. The van der Waals surface area contributed by atoms with Crippen LogP contribution in [0.1, 0.15) is 56.5 Å². The summed E-state index contributed by atoms with van der Waals surface area (Å²) >= 11 is 0. The minimum Gasteiger partial charge on any atom is -0.444 e. The first kappa shape index (κ1) is 21.1. The lowest BCUT2D eigenvalue weighted by atomic mass is 9.99. The van der Waals surface area contributed by atoms with Crippen LogP contribution in [0.2, 0.25) is 0 Å². The van der Waals surface area contributed by atoms with Gasteiger partial charge in [-0.05, 0) is 46.1 Å². The SMILES string of the molecule is CC(CNOCc1ccccc1C=O)=C1CCN(C(=O)OC(C)(C)C)CC1. The Balaban J connectivity index is 1.76. The van der Waals surface area contributed by atoms with Crippen LogP contribution in [0.15, 0.2) is 35.4 Å². The topological polar surface area (TPSA) is 67.9 Å². The second kappa shape index (κ2) is 9.67. The number of benzene rings is 1. The van der Waals surface area contributed by atoms with Crippen LogP contribution < -0.4 is 5.48 Å². The quantitative estimate of drug-likeness (QED) is 0.354. The summed E-state index contributed by atoms with van der Waals surface area (Å²) in [5.74, 6) is 0. The van der Waals surface area contributed by atoms with E-state index in [2.05, 4.69) is 12.4 Å². The molecular formula is C21H30N2O4. The first-order valence-corrected chi connectivity index (χ1v) is 9.33. The molecule has 1 aromatic rings. The molecule has 6 heteroatoms. The predicted molar refractivity (Wildman–Crippen MR) is 104 cm³/mol. The van der Waals surface area contributed by atoms with Crippen molar-refractivity contribution in [1.29, 1.82) is 0 Å². The molecule has 0 unspecified atom stereocenters. The number of rotatable bonds is 6. The first-order chi connectivity index (χ1) is 12.8. The van der Waals surface area contributed by atoms with Gasteiger partial charge in [0.05, 0.1) is 6.61 Å². The largest absolute Gasteiger partial charge is 0.444 e. The average molecular weight is 374 g/mol. The molecule has 0 saturated carbocycles. The fourth-order valence-corrected chi connectivity index (χ4v) is 2.91. The third kappa shape index (κ3) is 6.81. The van der Waals surface area contributed by atoms with Crippen molar-refractivity contribution in [3.63, 3.8) is 0 Å². The lowest BCUT2D eigenvalue weighted by Crippen LogP contribution is -2.40. The highest BCUT2D eigenvalue weighted by molar-refractivity contribution is 5.77. The summed E-state index contributed by atoms with van der Waals surface area (Å²) in [6, 6.07) is 7.37. The number of ether oxygens (including phenoxy) is 1. The van der Waals surface area contributed by atoms with Crippen LogP contribution in [-0.2, 0) is 16.2 Å². The number of hydroxylamine groups is 1. The van der Waals surface area contributed by atoms with Crippen LogP contribution in [0.5, 0.6) is 0 Å². The summed E-state index contributed by atoms with van der Waals surface area (Å²) in [4.78, 5) is 30.4. The molecule has 148 valence electrons. The number of carbonyl (C=O) groups is 2. The average Bonchev–Trinajstić information content (AvgIpc) is 2.64. The van der Waals surface area contributed by atoms with E-state index in [1.54, 1.807) is 11.0 Å². The first-order valence-electron chi connectivity index (χ1n) is 9.33. The molecule has 0 aromatic heterocycles. The number of likely N-dealkylation sites (tertiary alicyclic amines) is 1. The number of nitrogens with one attached hydrogen (secondary N) is 1. The molecule has 1 fully saturated rings. The highest BCUT2D eigenvalue weighted by Crippen LogP contribution is 2.21. The monoisotopic (exact) mass is 374 g/mol. The minimum atomic E-state index is -0.465. The zero-order valence-electron chi connectivity index (χ0n) is 16.7. The van der Waals surface area contributed by atoms with Crippen molar-refractivity contribution in [2.45, 2.75) is 52.7 Å². The maximum absolute atomic E-state index is 12.1. The number of nitrogens with zero attached hydrogens (tertiary/aromatic N) is 1. The molecule has 1 amide bonds. The summed E-state index contributed by atoms with van der Waals surface area (Å²) < 4.78 is 5.43. The van der Waals surface area contributed by atoms with Crippen LogP contribution in [-0.4, -0.2) is 42.5 Å². The van der Waals surface area contributed by atoms with E-state index >= 15 is 0 Å². The molecule has 1 aromatic carbocycles. The maximum Gasteiger partial charge on any atom is 0.410 e. The van der Waals surface area contributed by atoms with Gasteiger partial charge in [-0.3, -0.25) is 9.63 Å². The zero-order valence-corrected chi connectivity index (χ0v) is 16.7. The molecule has 27 heavy (non-hydrogen) atoms. The van der Waals surface area contributed by atoms with Gasteiger partial charge in [0.15, 0.2) is 0 Å². The Bertz CT molecular complexity index is 682. The van der Waals surface area contributed by atoms with Gasteiger partial charge < -0.3 is 9.64 Å². The van der Waals surface area contributed by atoms with Crippen molar-refractivity contribution in [1.82, 2.24) is 10.4 Å². The van der Waals surface area contributed by atoms with E-state index in [1.807, 2.05) is 39.0 Å². The third-order valence-corrected chi connectivity index (χ3v) is 4.47. The number of piperidine rings is 1. The van der Waals surface area contributed by atoms with Gasteiger partial charge in [0.25, 0.3) is 0 Å². The van der Waals surface area contributed by atoms with Crippen LogP contribution in [0.25, 0.3) is 0 Å².